The number of carbonyl (C=O) groups excluding carboxylic acids is 3. The molecule has 1 saturated heterocycles. The number of aryl methyl sites for hydroxylation is 2. The summed E-state index contributed by atoms with van der Waals surface area (Å²) in [6.07, 6.45) is 1.05. The first-order chi connectivity index (χ1) is 17.4. The predicted octanol–water partition coefficient (Wildman–Crippen LogP) is 5.70. The molecule has 1 aliphatic heterocycles. The van der Waals surface area contributed by atoms with E-state index < -0.39 is 33.5 Å². The lowest BCUT2D eigenvalue weighted by molar-refractivity contribution is -0.122. The van der Waals surface area contributed by atoms with E-state index in [1.54, 1.807) is 38.1 Å². The topological polar surface area (TPSA) is 110 Å². The number of carbonyl (C=O) groups is 3. The number of barbiturate groups is 1. The number of imide groups is 2. The Bertz CT molecular complexity index is 1600. The highest BCUT2D eigenvalue weighted by Gasteiger charge is 2.38. The Morgan fingerprint density at radius 3 is 2.24 bits per heavy atom. The molecule has 0 unspecified atom stereocenters. The van der Waals surface area contributed by atoms with E-state index in [1.807, 2.05) is 0 Å². The summed E-state index contributed by atoms with van der Waals surface area (Å²) < 4.78 is 31.2. The van der Waals surface area contributed by atoms with Gasteiger partial charge in [-0.2, -0.15) is 8.42 Å². The van der Waals surface area contributed by atoms with Gasteiger partial charge >= 0.3 is 16.1 Å². The highest BCUT2D eigenvalue weighted by molar-refractivity contribution is 7.87. The quantitative estimate of drug-likeness (QED) is 0.236. The van der Waals surface area contributed by atoms with Crippen LogP contribution in [0.1, 0.15) is 16.7 Å². The molecule has 0 spiro atoms. The lowest BCUT2D eigenvalue weighted by Gasteiger charge is -2.27. The van der Waals surface area contributed by atoms with Gasteiger partial charge in [0.1, 0.15) is 10.5 Å². The van der Waals surface area contributed by atoms with E-state index >= 15 is 0 Å². The van der Waals surface area contributed by atoms with Crippen molar-refractivity contribution in [1.29, 1.82) is 0 Å². The van der Waals surface area contributed by atoms with Crippen LogP contribution >= 0.6 is 34.8 Å². The van der Waals surface area contributed by atoms with Crippen LogP contribution in [0.5, 0.6) is 5.75 Å². The van der Waals surface area contributed by atoms with Gasteiger partial charge in [0.25, 0.3) is 11.8 Å². The van der Waals surface area contributed by atoms with Gasteiger partial charge in [0.15, 0.2) is 5.75 Å². The van der Waals surface area contributed by atoms with Crippen molar-refractivity contribution in [2.75, 3.05) is 4.90 Å². The Morgan fingerprint density at radius 2 is 1.57 bits per heavy atom. The monoisotopic (exact) mass is 578 g/mol. The first-order valence-electron chi connectivity index (χ1n) is 10.5. The molecule has 0 saturated carbocycles. The maximum atomic E-state index is 13.3. The van der Waals surface area contributed by atoms with Crippen LogP contribution in [-0.4, -0.2) is 26.3 Å². The van der Waals surface area contributed by atoms with Gasteiger partial charge in [-0.05, 0) is 61.9 Å². The zero-order valence-electron chi connectivity index (χ0n) is 19.2. The van der Waals surface area contributed by atoms with Crippen LogP contribution in [0, 0.1) is 13.8 Å². The van der Waals surface area contributed by atoms with Gasteiger partial charge in [0.05, 0.1) is 10.7 Å². The fourth-order valence-electron chi connectivity index (χ4n) is 3.49. The third kappa shape index (κ3) is 5.50. The standard InChI is InChI=1S/C25H17Cl3N2O6S/c1-13-3-7-18(8-4-13)37(34,35)36-22-15(9-17(27)11-20(22)28)10-19-23(31)29-25(33)30(24(19)32)21-12-16(26)6-5-14(21)2/h3-12H,1-2H3,(H,29,31,33)/b19-10+. The summed E-state index contributed by atoms with van der Waals surface area (Å²) in [5.41, 5.74) is 0.972. The first-order valence-corrected chi connectivity index (χ1v) is 13.1. The van der Waals surface area contributed by atoms with Crippen molar-refractivity contribution < 1.29 is 27.0 Å². The van der Waals surface area contributed by atoms with Gasteiger partial charge in [-0.1, -0.05) is 58.6 Å². The molecule has 37 heavy (non-hydrogen) atoms. The molecule has 4 amide bonds. The number of hydrogen-bond acceptors (Lipinski definition) is 6. The number of benzene rings is 3. The van der Waals surface area contributed by atoms with Gasteiger partial charge in [0, 0.05) is 15.6 Å². The molecule has 1 heterocycles. The van der Waals surface area contributed by atoms with Crippen molar-refractivity contribution in [2.45, 2.75) is 18.7 Å². The molecule has 3 aromatic carbocycles. The van der Waals surface area contributed by atoms with E-state index in [9.17, 15) is 22.8 Å². The second-order valence-electron chi connectivity index (χ2n) is 8.05. The summed E-state index contributed by atoms with van der Waals surface area (Å²) in [5.74, 6) is -2.33. The Kier molecular flexibility index (Phi) is 7.34. The van der Waals surface area contributed by atoms with Crippen molar-refractivity contribution in [3.63, 3.8) is 0 Å². The predicted molar refractivity (Wildman–Crippen MR) is 141 cm³/mol. The number of amides is 4. The normalized spacial score (nSPS) is 15.2. The molecule has 0 aromatic heterocycles. The van der Waals surface area contributed by atoms with Crippen molar-refractivity contribution in [3.05, 3.63) is 91.9 Å². The maximum absolute atomic E-state index is 13.3. The number of nitrogens with one attached hydrogen (secondary N) is 1. The smallest absolute Gasteiger partial charge is 0.339 e. The maximum Gasteiger partial charge on any atom is 0.339 e. The van der Waals surface area contributed by atoms with Crippen LogP contribution in [0.3, 0.4) is 0 Å². The molecule has 0 bridgehead atoms. The first kappa shape index (κ1) is 26.7. The molecule has 1 aliphatic rings. The van der Waals surface area contributed by atoms with E-state index in [0.29, 0.717) is 5.56 Å². The van der Waals surface area contributed by atoms with E-state index in [2.05, 4.69) is 5.32 Å². The molecule has 0 aliphatic carbocycles. The van der Waals surface area contributed by atoms with Crippen LogP contribution in [-0.2, 0) is 19.7 Å². The molecule has 0 atom stereocenters. The molecule has 8 nitrogen and oxygen atoms in total. The third-order valence-corrected chi connectivity index (χ3v) is 7.32. The van der Waals surface area contributed by atoms with E-state index in [1.165, 1.54) is 30.3 Å². The van der Waals surface area contributed by atoms with Gasteiger partial charge < -0.3 is 4.18 Å². The van der Waals surface area contributed by atoms with E-state index in [-0.39, 0.29) is 37.0 Å². The van der Waals surface area contributed by atoms with Gasteiger partial charge in [-0.25, -0.2) is 9.69 Å². The van der Waals surface area contributed by atoms with E-state index in [0.717, 1.165) is 16.5 Å². The number of anilines is 1. The zero-order valence-corrected chi connectivity index (χ0v) is 22.3. The molecule has 1 N–H and O–H groups in total. The van der Waals surface area contributed by atoms with Crippen molar-refractivity contribution in [2.24, 2.45) is 0 Å². The van der Waals surface area contributed by atoms with Gasteiger partial charge in [0.2, 0.25) is 0 Å². The molecule has 1 fully saturated rings. The largest absolute Gasteiger partial charge is 0.377 e. The molecule has 12 heteroatoms. The summed E-state index contributed by atoms with van der Waals surface area (Å²) in [5, 5.41) is 2.26. The molecule has 0 radical (unpaired) electrons. The number of hydrogen-bond donors (Lipinski definition) is 1. The summed E-state index contributed by atoms with van der Waals surface area (Å²) >= 11 is 18.4. The van der Waals surface area contributed by atoms with Crippen LogP contribution in [0.15, 0.2) is 65.1 Å². The lowest BCUT2D eigenvalue weighted by Crippen LogP contribution is -2.54. The van der Waals surface area contributed by atoms with Crippen molar-refractivity contribution in [3.8, 4) is 5.75 Å². The van der Waals surface area contributed by atoms with E-state index in [4.69, 9.17) is 39.0 Å². The zero-order chi connectivity index (χ0) is 27.1. The second-order valence-corrected chi connectivity index (χ2v) is 10.9. The Balaban J connectivity index is 1.81. The number of urea groups is 1. The number of halogens is 3. The highest BCUT2D eigenvalue weighted by Crippen LogP contribution is 2.37. The summed E-state index contributed by atoms with van der Waals surface area (Å²) in [7, 11) is -4.35. The molecule has 190 valence electrons. The molecular formula is C25H17Cl3N2O6S. The van der Waals surface area contributed by atoms with Crippen LogP contribution in [0.4, 0.5) is 10.5 Å². The molecular weight excluding hydrogens is 563 g/mol. The van der Waals surface area contributed by atoms with Crippen molar-refractivity contribution in [1.82, 2.24) is 5.32 Å². The Labute approximate surface area is 227 Å². The lowest BCUT2D eigenvalue weighted by atomic mass is 10.0. The molecule has 4 rings (SSSR count). The second kappa shape index (κ2) is 10.2. The van der Waals surface area contributed by atoms with Gasteiger partial charge in [-0.3, -0.25) is 14.9 Å². The summed E-state index contributed by atoms with van der Waals surface area (Å²) in [6, 6.07) is 12.1. The Morgan fingerprint density at radius 1 is 0.892 bits per heavy atom. The summed E-state index contributed by atoms with van der Waals surface area (Å²) in [6.45, 7) is 3.45. The minimum atomic E-state index is -4.35. The SMILES string of the molecule is Cc1ccc(S(=O)(=O)Oc2c(Cl)cc(Cl)cc2/C=C2\C(=O)NC(=O)N(c3cc(Cl)ccc3C)C2=O)cc1. The minimum Gasteiger partial charge on any atom is -0.377 e. The van der Waals surface area contributed by atoms with Gasteiger partial charge in [-0.15, -0.1) is 0 Å². The minimum absolute atomic E-state index is 0.0798. The van der Waals surface area contributed by atoms with Crippen LogP contribution < -0.4 is 14.4 Å². The summed E-state index contributed by atoms with van der Waals surface area (Å²) in [4.78, 5) is 39.2. The van der Waals surface area contributed by atoms with Crippen LogP contribution in [0.25, 0.3) is 6.08 Å². The third-order valence-electron chi connectivity index (χ3n) is 5.35. The number of nitrogens with zero attached hydrogens (tertiary/aromatic N) is 1. The average molecular weight is 580 g/mol. The Hall–Kier alpha value is -3.37. The van der Waals surface area contributed by atoms with Crippen LogP contribution in [0.2, 0.25) is 15.1 Å². The molecule has 3 aromatic rings. The fourth-order valence-corrected chi connectivity index (χ4v) is 5.22. The average Bonchev–Trinajstić information content (AvgIpc) is 2.81. The van der Waals surface area contributed by atoms with Crippen molar-refractivity contribution >= 4 is 74.5 Å². The number of rotatable bonds is 5. The fraction of sp³-hybridized carbons (Fsp3) is 0.0800. The highest BCUT2D eigenvalue weighted by atomic mass is 35.5.